The average Bonchev–Trinajstić information content (AvgIpc) is 2.89. The zero-order chi connectivity index (χ0) is 13.8. The molecule has 104 valence electrons. The monoisotopic (exact) mass is 325 g/mol. The molecule has 0 atom stereocenters. The summed E-state index contributed by atoms with van der Waals surface area (Å²) in [5, 5.41) is 3.29. The van der Waals surface area contributed by atoms with Gasteiger partial charge in [0.05, 0.1) is 0 Å². The van der Waals surface area contributed by atoms with Gasteiger partial charge in [0, 0.05) is 41.9 Å². The molecule has 5 heteroatoms. The van der Waals surface area contributed by atoms with E-state index in [9.17, 15) is 4.79 Å². The third-order valence-corrected chi connectivity index (χ3v) is 4.12. The summed E-state index contributed by atoms with van der Waals surface area (Å²) < 4.78 is 0.934. The third kappa shape index (κ3) is 3.62. The van der Waals surface area contributed by atoms with Crippen molar-refractivity contribution in [3.05, 3.63) is 22.2 Å². The van der Waals surface area contributed by atoms with Crippen LogP contribution in [0, 0.1) is 6.92 Å². The molecule has 1 aliphatic rings. The number of carbonyl (C=O) groups excluding carboxylic acids is 1. The van der Waals surface area contributed by atoms with Crippen molar-refractivity contribution in [1.82, 2.24) is 4.90 Å². The molecular formula is C14H20BrN3O. The van der Waals surface area contributed by atoms with Crippen LogP contribution in [0.2, 0.25) is 0 Å². The van der Waals surface area contributed by atoms with Crippen LogP contribution in [0.3, 0.4) is 0 Å². The van der Waals surface area contributed by atoms with E-state index < -0.39 is 0 Å². The SMILES string of the molecule is Cc1cc(NCCC(=O)N2CCCC2)c(Br)cc1N. The molecule has 1 aliphatic heterocycles. The van der Waals surface area contributed by atoms with Crippen molar-refractivity contribution in [1.29, 1.82) is 0 Å². The number of rotatable bonds is 4. The molecular weight excluding hydrogens is 306 g/mol. The van der Waals surface area contributed by atoms with Gasteiger partial charge in [0.15, 0.2) is 0 Å². The highest BCUT2D eigenvalue weighted by molar-refractivity contribution is 9.10. The number of halogens is 1. The second-order valence-corrected chi connectivity index (χ2v) is 5.81. The molecule has 2 rings (SSSR count). The molecule has 4 nitrogen and oxygen atoms in total. The number of nitrogen functional groups attached to an aromatic ring is 1. The highest BCUT2D eigenvalue weighted by Crippen LogP contribution is 2.27. The Bertz CT molecular complexity index is 470. The number of aryl methyl sites for hydroxylation is 1. The van der Waals surface area contributed by atoms with Gasteiger partial charge in [-0.05, 0) is 53.4 Å². The second-order valence-electron chi connectivity index (χ2n) is 4.95. The predicted molar refractivity (Wildman–Crippen MR) is 82.2 cm³/mol. The second kappa shape index (κ2) is 6.28. The summed E-state index contributed by atoms with van der Waals surface area (Å²) in [5.74, 6) is 0.244. The van der Waals surface area contributed by atoms with Crippen molar-refractivity contribution in [3.63, 3.8) is 0 Å². The van der Waals surface area contributed by atoms with Gasteiger partial charge in [-0.15, -0.1) is 0 Å². The maximum atomic E-state index is 11.9. The van der Waals surface area contributed by atoms with Crippen LogP contribution in [0.15, 0.2) is 16.6 Å². The van der Waals surface area contributed by atoms with Gasteiger partial charge < -0.3 is 16.0 Å². The minimum atomic E-state index is 0.244. The molecule has 3 N–H and O–H groups in total. The number of anilines is 2. The van der Waals surface area contributed by atoms with Gasteiger partial charge in [-0.25, -0.2) is 0 Å². The zero-order valence-electron chi connectivity index (χ0n) is 11.2. The van der Waals surface area contributed by atoms with Crippen LogP contribution in [0.5, 0.6) is 0 Å². The highest BCUT2D eigenvalue weighted by atomic mass is 79.9. The smallest absolute Gasteiger partial charge is 0.224 e. The van der Waals surface area contributed by atoms with E-state index in [2.05, 4.69) is 21.2 Å². The van der Waals surface area contributed by atoms with E-state index in [4.69, 9.17) is 5.73 Å². The molecule has 0 aliphatic carbocycles. The maximum absolute atomic E-state index is 11.9. The molecule has 0 radical (unpaired) electrons. The number of hydrogen-bond donors (Lipinski definition) is 2. The van der Waals surface area contributed by atoms with Crippen molar-refractivity contribution < 1.29 is 4.79 Å². The van der Waals surface area contributed by atoms with E-state index in [0.717, 1.165) is 47.3 Å². The Balaban J connectivity index is 1.85. The molecule has 0 aromatic heterocycles. The van der Waals surface area contributed by atoms with E-state index in [-0.39, 0.29) is 5.91 Å². The van der Waals surface area contributed by atoms with Gasteiger partial charge in [-0.3, -0.25) is 4.79 Å². The first-order valence-corrected chi connectivity index (χ1v) is 7.44. The molecule has 1 heterocycles. The minimum Gasteiger partial charge on any atom is -0.398 e. The lowest BCUT2D eigenvalue weighted by Gasteiger charge is -2.16. The van der Waals surface area contributed by atoms with Gasteiger partial charge in [0.25, 0.3) is 0 Å². The van der Waals surface area contributed by atoms with Crippen LogP contribution in [-0.4, -0.2) is 30.4 Å². The van der Waals surface area contributed by atoms with E-state index in [1.165, 1.54) is 0 Å². The van der Waals surface area contributed by atoms with Gasteiger partial charge in [0.2, 0.25) is 5.91 Å². The number of benzene rings is 1. The van der Waals surface area contributed by atoms with Crippen molar-refractivity contribution in [2.24, 2.45) is 0 Å². The number of carbonyl (C=O) groups is 1. The molecule has 1 aromatic rings. The summed E-state index contributed by atoms with van der Waals surface area (Å²) in [6.45, 7) is 4.46. The summed E-state index contributed by atoms with van der Waals surface area (Å²) in [6, 6.07) is 3.89. The van der Waals surface area contributed by atoms with Crippen molar-refractivity contribution in [2.45, 2.75) is 26.2 Å². The van der Waals surface area contributed by atoms with E-state index >= 15 is 0 Å². The Hall–Kier alpha value is -1.23. The fourth-order valence-corrected chi connectivity index (χ4v) is 2.76. The van der Waals surface area contributed by atoms with E-state index in [0.29, 0.717) is 13.0 Å². The van der Waals surface area contributed by atoms with Crippen LogP contribution < -0.4 is 11.1 Å². The summed E-state index contributed by atoms with van der Waals surface area (Å²) >= 11 is 3.48. The first kappa shape index (κ1) is 14.2. The van der Waals surface area contributed by atoms with Crippen LogP contribution in [0.25, 0.3) is 0 Å². The number of nitrogens with one attached hydrogen (secondary N) is 1. The standard InChI is InChI=1S/C14H20BrN3O/c1-10-8-13(11(15)9-12(10)16)17-5-4-14(19)18-6-2-3-7-18/h8-9,17H,2-7,16H2,1H3. The van der Waals surface area contributed by atoms with Crippen LogP contribution in [0.1, 0.15) is 24.8 Å². The molecule has 0 saturated carbocycles. The maximum Gasteiger partial charge on any atom is 0.224 e. The Morgan fingerprint density at radius 1 is 1.42 bits per heavy atom. The Morgan fingerprint density at radius 3 is 2.79 bits per heavy atom. The fraction of sp³-hybridized carbons (Fsp3) is 0.500. The lowest BCUT2D eigenvalue weighted by atomic mass is 10.2. The molecule has 1 amide bonds. The topological polar surface area (TPSA) is 58.4 Å². The average molecular weight is 326 g/mol. The van der Waals surface area contributed by atoms with Gasteiger partial charge in [-0.1, -0.05) is 0 Å². The number of nitrogens with two attached hydrogens (primary N) is 1. The number of likely N-dealkylation sites (tertiary alicyclic amines) is 1. The molecule has 0 spiro atoms. The normalized spacial score (nSPS) is 14.7. The first-order chi connectivity index (χ1) is 9.08. The van der Waals surface area contributed by atoms with E-state index in [1.54, 1.807) is 0 Å². The van der Waals surface area contributed by atoms with Crippen molar-refractivity contribution in [3.8, 4) is 0 Å². The molecule has 0 bridgehead atoms. The first-order valence-electron chi connectivity index (χ1n) is 6.65. The molecule has 0 unspecified atom stereocenters. The van der Waals surface area contributed by atoms with Crippen LogP contribution >= 0.6 is 15.9 Å². The lowest BCUT2D eigenvalue weighted by Crippen LogP contribution is -2.29. The van der Waals surface area contributed by atoms with Crippen molar-refractivity contribution >= 4 is 33.2 Å². The Labute approximate surface area is 122 Å². The summed E-state index contributed by atoms with van der Waals surface area (Å²) in [6.07, 6.45) is 2.82. The molecule has 1 aromatic carbocycles. The summed E-state index contributed by atoms with van der Waals surface area (Å²) in [7, 11) is 0. The highest BCUT2D eigenvalue weighted by Gasteiger charge is 2.17. The van der Waals surface area contributed by atoms with Crippen LogP contribution in [0.4, 0.5) is 11.4 Å². The third-order valence-electron chi connectivity index (χ3n) is 3.47. The fourth-order valence-electron chi connectivity index (χ4n) is 2.26. The van der Waals surface area contributed by atoms with Gasteiger partial charge >= 0.3 is 0 Å². The molecule has 19 heavy (non-hydrogen) atoms. The molecule has 1 saturated heterocycles. The quantitative estimate of drug-likeness (QED) is 0.837. The Morgan fingerprint density at radius 2 is 2.11 bits per heavy atom. The van der Waals surface area contributed by atoms with E-state index in [1.807, 2.05) is 24.0 Å². The lowest BCUT2D eigenvalue weighted by molar-refractivity contribution is -0.129. The number of nitrogens with zero attached hydrogens (tertiary/aromatic N) is 1. The predicted octanol–water partition coefficient (Wildman–Crippen LogP) is 2.76. The van der Waals surface area contributed by atoms with Gasteiger partial charge in [0.1, 0.15) is 0 Å². The van der Waals surface area contributed by atoms with Crippen LogP contribution in [-0.2, 0) is 4.79 Å². The Kier molecular flexibility index (Phi) is 4.69. The summed E-state index contributed by atoms with van der Waals surface area (Å²) in [4.78, 5) is 13.8. The summed E-state index contributed by atoms with van der Waals surface area (Å²) in [5.41, 5.74) is 8.63. The largest absolute Gasteiger partial charge is 0.398 e. The zero-order valence-corrected chi connectivity index (χ0v) is 12.8. The minimum absolute atomic E-state index is 0.244. The number of hydrogen-bond acceptors (Lipinski definition) is 3. The molecule has 1 fully saturated rings. The van der Waals surface area contributed by atoms with Crippen molar-refractivity contribution in [2.75, 3.05) is 30.7 Å². The van der Waals surface area contributed by atoms with Gasteiger partial charge in [-0.2, -0.15) is 0 Å². The number of amides is 1.